The Balaban J connectivity index is 1.57. The van der Waals surface area contributed by atoms with Gasteiger partial charge in [-0.15, -0.1) is 0 Å². The largest absolute Gasteiger partial charge is 0.507 e. The molecule has 5 rings (SSSR count). The molecule has 0 bridgehead atoms. The van der Waals surface area contributed by atoms with E-state index in [2.05, 4.69) is 29.6 Å². The van der Waals surface area contributed by atoms with Gasteiger partial charge in [0.05, 0.1) is 32.0 Å². The summed E-state index contributed by atoms with van der Waals surface area (Å²) in [7, 11) is 3.15. The number of benzene rings is 5. The molecule has 0 fully saturated rings. The summed E-state index contributed by atoms with van der Waals surface area (Å²) in [5.74, 6) is 1.35. The maximum Gasteiger partial charge on any atom is 0.128 e. The van der Waals surface area contributed by atoms with Crippen molar-refractivity contribution in [3.63, 3.8) is 0 Å². The van der Waals surface area contributed by atoms with E-state index in [1.165, 1.54) is 0 Å². The number of hydrogen-bond donors (Lipinski definition) is 3. The van der Waals surface area contributed by atoms with E-state index in [-0.39, 0.29) is 11.5 Å². The van der Waals surface area contributed by atoms with Crippen LogP contribution in [0.2, 0.25) is 0 Å². The van der Waals surface area contributed by atoms with Gasteiger partial charge in [0, 0.05) is 35.4 Å². The van der Waals surface area contributed by atoms with Crippen LogP contribution in [0.5, 0.6) is 23.0 Å². The van der Waals surface area contributed by atoms with Gasteiger partial charge in [-0.05, 0) is 35.4 Å². The molecule has 0 heterocycles. The average molecular weight is 559 g/mol. The smallest absolute Gasteiger partial charge is 0.128 e. The van der Waals surface area contributed by atoms with E-state index in [1.54, 1.807) is 26.4 Å². The lowest BCUT2D eigenvalue weighted by atomic mass is 9.76. The van der Waals surface area contributed by atoms with E-state index in [0.29, 0.717) is 41.4 Å². The molecule has 0 aliphatic carbocycles. The number of aliphatic imine (C=N–C) groups is 1. The second-order valence-electron chi connectivity index (χ2n) is 9.77. The minimum atomic E-state index is -0.885. The highest BCUT2D eigenvalue weighted by Gasteiger charge is 2.38. The summed E-state index contributed by atoms with van der Waals surface area (Å²) >= 11 is 0. The molecule has 0 aliphatic rings. The Bertz CT molecular complexity index is 1600. The SMILES string of the molecule is COc1ccc(C(=NCCNC(c2ccccc2)(c2ccccc2)c2ccc(OC)cc2O)c2ccccc2)c(O)c1. The quantitative estimate of drug-likeness (QED) is 0.0975. The first-order chi connectivity index (χ1) is 20.6. The second-order valence-corrected chi connectivity index (χ2v) is 9.77. The van der Waals surface area contributed by atoms with Crippen molar-refractivity contribution >= 4 is 5.71 Å². The molecule has 0 saturated carbocycles. The molecule has 0 radical (unpaired) electrons. The van der Waals surface area contributed by atoms with Crippen molar-refractivity contribution in [2.45, 2.75) is 5.54 Å². The van der Waals surface area contributed by atoms with Crippen LogP contribution in [0.25, 0.3) is 0 Å². The van der Waals surface area contributed by atoms with Gasteiger partial charge in [-0.3, -0.25) is 10.3 Å². The van der Waals surface area contributed by atoms with Crippen LogP contribution in [0.3, 0.4) is 0 Å². The first-order valence-corrected chi connectivity index (χ1v) is 13.8. The van der Waals surface area contributed by atoms with Gasteiger partial charge in [0.15, 0.2) is 0 Å². The third-order valence-corrected chi connectivity index (χ3v) is 7.30. The van der Waals surface area contributed by atoms with Crippen LogP contribution in [0.1, 0.15) is 27.8 Å². The van der Waals surface area contributed by atoms with E-state index < -0.39 is 5.54 Å². The fraction of sp³-hybridized carbons (Fsp3) is 0.139. The molecule has 0 amide bonds. The maximum atomic E-state index is 11.3. The van der Waals surface area contributed by atoms with Crippen LogP contribution in [0, 0.1) is 0 Å². The molecular weight excluding hydrogens is 524 g/mol. The summed E-state index contributed by atoms with van der Waals surface area (Å²) in [6.45, 7) is 0.858. The van der Waals surface area contributed by atoms with E-state index in [4.69, 9.17) is 14.5 Å². The maximum absolute atomic E-state index is 11.3. The molecule has 0 saturated heterocycles. The van der Waals surface area contributed by atoms with Gasteiger partial charge < -0.3 is 19.7 Å². The molecule has 0 unspecified atom stereocenters. The molecule has 0 aromatic heterocycles. The fourth-order valence-corrected chi connectivity index (χ4v) is 5.29. The highest BCUT2D eigenvalue weighted by atomic mass is 16.5. The average Bonchev–Trinajstić information content (AvgIpc) is 3.05. The molecule has 42 heavy (non-hydrogen) atoms. The zero-order chi connectivity index (χ0) is 29.4. The number of phenolic OH excluding ortho intramolecular Hbond substituents is 2. The lowest BCUT2D eigenvalue weighted by molar-refractivity contribution is 0.397. The van der Waals surface area contributed by atoms with E-state index in [1.807, 2.05) is 91.0 Å². The number of aromatic hydroxyl groups is 2. The van der Waals surface area contributed by atoms with Crippen molar-refractivity contribution in [1.29, 1.82) is 0 Å². The number of hydrogen-bond acceptors (Lipinski definition) is 6. The number of rotatable bonds is 11. The topological polar surface area (TPSA) is 83.3 Å². The Morgan fingerprint density at radius 1 is 0.667 bits per heavy atom. The lowest BCUT2D eigenvalue weighted by Gasteiger charge is -2.37. The fourth-order valence-electron chi connectivity index (χ4n) is 5.29. The van der Waals surface area contributed by atoms with Gasteiger partial charge >= 0.3 is 0 Å². The number of phenols is 2. The Morgan fingerprint density at radius 3 is 1.71 bits per heavy atom. The molecule has 5 aromatic carbocycles. The lowest BCUT2D eigenvalue weighted by Crippen LogP contribution is -2.45. The molecule has 0 atom stereocenters. The summed E-state index contributed by atoms with van der Waals surface area (Å²) in [6, 6.07) is 40.6. The summed E-state index contributed by atoms with van der Waals surface area (Å²) in [4.78, 5) is 4.99. The van der Waals surface area contributed by atoms with E-state index in [9.17, 15) is 10.2 Å². The van der Waals surface area contributed by atoms with Crippen LogP contribution in [0.15, 0.2) is 132 Å². The Hall–Kier alpha value is -5.07. The van der Waals surface area contributed by atoms with Gasteiger partial charge in [0.25, 0.3) is 0 Å². The Kier molecular flexibility index (Phi) is 8.85. The number of methoxy groups -OCH3 is 2. The van der Waals surface area contributed by atoms with Crippen molar-refractivity contribution in [2.75, 3.05) is 27.3 Å². The minimum Gasteiger partial charge on any atom is -0.507 e. The molecule has 5 aromatic rings. The van der Waals surface area contributed by atoms with Crippen molar-refractivity contribution in [1.82, 2.24) is 5.32 Å². The molecular formula is C36H34N2O4. The van der Waals surface area contributed by atoms with Gasteiger partial charge in [-0.1, -0.05) is 91.0 Å². The molecule has 0 spiro atoms. The predicted octanol–water partition coefficient (Wildman–Crippen LogP) is 6.53. The Morgan fingerprint density at radius 2 is 1.19 bits per heavy atom. The van der Waals surface area contributed by atoms with Gasteiger partial charge in [-0.25, -0.2) is 0 Å². The minimum absolute atomic E-state index is 0.0935. The molecule has 212 valence electrons. The van der Waals surface area contributed by atoms with Crippen LogP contribution >= 0.6 is 0 Å². The van der Waals surface area contributed by atoms with Crippen LogP contribution in [-0.2, 0) is 5.54 Å². The number of ether oxygens (including phenoxy) is 2. The van der Waals surface area contributed by atoms with E-state index >= 15 is 0 Å². The highest BCUT2D eigenvalue weighted by molar-refractivity contribution is 6.14. The monoisotopic (exact) mass is 558 g/mol. The van der Waals surface area contributed by atoms with Crippen LogP contribution in [0.4, 0.5) is 0 Å². The van der Waals surface area contributed by atoms with Crippen molar-refractivity contribution in [3.05, 3.63) is 155 Å². The summed E-state index contributed by atoms with van der Waals surface area (Å²) < 4.78 is 10.7. The van der Waals surface area contributed by atoms with Crippen LogP contribution in [-0.4, -0.2) is 43.2 Å². The second kappa shape index (κ2) is 13.1. The van der Waals surface area contributed by atoms with Gasteiger partial charge in [0.2, 0.25) is 0 Å². The van der Waals surface area contributed by atoms with Crippen LogP contribution < -0.4 is 14.8 Å². The highest BCUT2D eigenvalue weighted by Crippen LogP contribution is 2.42. The normalized spacial score (nSPS) is 11.7. The number of nitrogens with one attached hydrogen (secondary N) is 1. The molecule has 6 heteroatoms. The summed E-state index contributed by atoms with van der Waals surface area (Å²) in [5.41, 5.74) is 3.93. The summed E-state index contributed by atoms with van der Waals surface area (Å²) in [5, 5.41) is 25.9. The zero-order valence-electron chi connectivity index (χ0n) is 23.7. The number of nitrogens with zero attached hydrogens (tertiary/aromatic N) is 1. The van der Waals surface area contributed by atoms with Crippen molar-refractivity contribution in [2.24, 2.45) is 4.99 Å². The van der Waals surface area contributed by atoms with Gasteiger partial charge in [-0.2, -0.15) is 0 Å². The molecule has 0 aliphatic heterocycles. The third kappa shape index (κ3) is 5.85. The standard InChI is InChI=1S/C36H34N2O4/c1-41-29-18-20-31(33(39)24-29)35(26-12-6-3-7-13-26)37-22-23-38-36(27-14-8-4-9-15-27,28-16-10-5-11-17-28)32-21-19-30(42-2)25-34(32)40/h3-21,24-25,38-40H,22-23H2,1-2H3. The summed E-state index contributed by atoms with van der Waals surface area (Å²) in [6.07, 6.45) is 0. The van der Waals surface area contributed by atoms with Crippen molar-refractivity contribution in [3.8, 4) is 23.0 Å². The first-order valence-electron chi connectivity index (χ1n) is 13.8. The Labute approximate surface area is 246 Å². The van der Waals surface area contributed by atoms with Gasteiger partial charge in [0.1, 0.15) is 23.0 Å². The zero-order valence-corrected chi connectivity index (χ0v) is 23.7. The molecule has 6 nitrogen and oxygen atoms in total. The molecule has 3 N–H and O–H groups in total. The third-order valence-electron chi connectivity index (χ3n) is 7.30. The predicted molar refractivity (Wildman–Crippen MR) is 167 cm³/mol. The van der Waals surface area contributed by atoms with E-state index in [0.717, 1.165) is 16.7 Å². The van der Waals surface area contributed by atoms with Crippen molar-refractivity contribution < 1.29 is 19.7 Å². The first kappa shape index (κ1) is 28.5.